The molecule has 0 radical (unpaired) electrons. The zero-order chi connectivity index (χ0) is 9.84. The molecule has 0 saturated carbocycles. The highest BCUT2D eigenvalue weighted by atomic mass is 32.1. The Bertz CT molecular complexity index is 284. The van der Waals surface area contributed by atoms with Crippen LogP contribution >= 0.6 is 12.6 Å². The van der Waals surface area contributed by atoms with E-state index in [-0.39, 0.29) is 6.10 Å². The minimum atomic E-state index is 0.167. The predicted octanol–water partition coefficient (Wildman–Crippen LogP) is 2.77. The first-order valence-electron chi connectivity index (χ1n) is 4.16. The topological polar surface area (TPSA) is 18.5 Å². The Hall–Kier alpha value is -0.830. The second kappa shape index (κ2) is 4.42. The van der Waals surface area contributed by atoms with Gasteiger partial charge in [0.05, 0.1) is 13.2 Å². The molecule has 0 aliphatic rings. The first kappa shape index (κ1) is 10.3. The third-order valence-electron chi connectivity index (χ3n) is 1.47. The number of thiol groups is 1. The van der Waals surface area contributed by atoms with E-state index in [2.05, 4.69) is 12.6 Å². The molecule has 0 spiro atoms. The number of hydrogen-bond donors (Lipinski definition) is 1. The maximum Gasteiger partial charge on any atom is 0.124 e. The minimum Gasteiger partial charge on any atom is -0.497 e. The van der Waals surface area contributed by atoms with Crippen LogP contribution in [-0.4, -0.2) is 13.2 Å². The molecule has 1 rings (SSSR count). The smallest absolute Gasteiger partial charge is 0.124 e. The van der Waals surface area contributed by atoms with Gasteiger partial charge in [-0.15, -0.1) is 12.6 Å². The van der Waals surface area contributed by atoms with Crippen LogP contribution in [0.4, 0.5) is 0 Å². The van der Waals surface area contributed by atoms with Crippen molar-refractivity contribution in [3.8, 4) is 11.5 Å². The number of methoxy groups -OCH3 is 1. The fraction of sp³-hybridized carbons (Fsp3) is 0.400. The Morgan fingerprint density at radius 1 is 1.15 bits per heavy atom. The van der Waals surface area contributed by atoms with E-state index in [4.69, 9.17) is 9.47 Å². The summed E-state index contributed by atoms with van der Waals surface area (Å²) < 4.78 is 10.6. The summed E-state index contributed by atoms with van der Waals surface area (Å²) in [4.78, 5) is 0.843. The molecule has 0 fully saturated rings. The Morgan fingerprint density at radius 3 is 2.31 bits per heavy atom. The number of hydrogen-bond acceptors (Lipinski definition) is 3. The van der Waals surface area contributed by atoms with Gasteiger partial charge in [0, 0.05) is 11.0 Å². The molecular formula is C10H14O2S. The molecule has 0 saturated heterocycles. The number of rotatable bonds is 3. The Balaban J connectivity index is 2.88. The van der Waals surface area contributed by atoms with E-state index >= 15 is 0 Å². The van der Waals surface area contributed by atoms with E-state index in [1.54, 1.807) is 7.11 Å². The van der Waals surface area contributed by atoms with Gasteiger partial charge in [0.2, 0.25) is 0 Å². The van der Waals surface area contributed by atoms with Crippen molar-refractivity contribution in [3.63, 3.8) is 0 Å². The van der Waals surface area contributed by atoms with Crippen molar-refractivity contribution < 1.29 is 9.47 Å². The van der Waals surface area contributed by atoms with Crippen molar-refractivity contribution in [1.82, 2.24) is 0 Å². The molecule has 1 aromatic carbocycles. The minimum absolute atomic E-state index is 0.167. The molecule has 0 atom stereocenters. The van der Waals surface area contributed by atoms with Crippen molar-refractivity contribution >= 4 is 12.6 Å². The van der Waals surface area contributed by atoms with Crippen LogP contribution in [0.25, 0.3) is 0 Å². The van der Waals surface area contributed by atoms with Crippen LogP contribution in [0.1, 0.15) is 13.8 Å². The summed E-state index contributed by atoms with van der Waals surface area (Å²) in [5, 5.41) is 0. The van der Waals surface area contributed by atoms with E-state index < -0.39 is 0 Å². The van der Waals surface area contributed by atoms with Gasteiger partial charge in [-0.2, -0.15) is 0 Å². The molecule has 13 heavy (non-hydrogen) atoms. The van der Waals surface area contributed by atoms with Gasteiger partial charge in [-0.25, -0.2) is 0 Å². The Kier molecular flexibility index (Phi) is 3.48. The molecular weight excluding hydrogens is 184 g/mol. The zero-order valence-corrected chi connectivity index (χ0v) is 8.97. The lowest BCUT2D eigenvalue weighted by Gasteiger charge is -2.11. The second-order valence-electron chi connectivity index (χ2n) is 3.03. The lowest BCUT2D eigenvalue weighted by molar-refractivity contribution is 0.240. The zero-order valence-electron chi connectivity index (χ0n) is 8.07. The number of ether oxygens (including phenoxy) is 2. The van der Waals surface area contributed by atoms with E-state index in [1.165, 1.54) is 0 Å². The highest BCUT2D eigenvalue weighted by molar-refractivity contribution is 7.80. The Morgan fingerprint density at radius 2 is 1.77 bits per heavy atom. The highest BCUT2D eigenvalue weighted by Crippen LogP contribution is 2.25. The van der Waals surface area contributed by atoms with Crippen LogP contribution in [0.3, 0.4) is 0 Å². The summed E-state index contributed by atoms with van der Waals surface area (Å²) in [6.07, 6.45) is 0.167. The summed E-state index contributed by atoms with van der Waals surface area (Å²) in [6.45, 7) is 3.97. The third kappa shape index (κ3) is 3.19. The summed E-state index contributed by atoms with van der Waals surface area (Å²) >= 11 is 4.24. The van der Waals surface area contributed by atoms with Gasteiger partial charge in [-0.1, -0.05) is 0 Å². The highest BCUT2D eigenvalue weighted by Gasteiger charge is 2.01. The van der Waals surface area contributed by atoms with Crippen LogP contribution in [0.15, 0.2) is 23.1 Å². The van der Waals surface area contributed by atoms with E-state index in [1.807, 2.05) is 32.0 Å². The molecule has 3 heteroatoms. The van der Waals surface area contributed by atoms with Crippen LogP contribution in [0.2, 0.25) is 0 Å². The van der Waals surface area contributed by atoms with Gasteiger partial charge in [0.1, 0.15) is 11.5 Å². The van der Waals surface area contributed by atoms with Gasteiger partial charge in [-0.05, 0) is 26.0 Å². The molecule has 0 amide bonds. The molecule has 2 nitrogen and oxygen atoms in total. The summed E-state index contributed by atoms with van der Waals surface area (Å²) in [6, 6.07) is 5.56. The van der Waals surface area contributed by atoms with Gasteiger partial charge >= 0.3 is 0 Å². The average molecular weight is 198 g/mol. The maximum atomic E-state index is 5.51. The molecule has 0 bridgehead atoms. The predicted molar refractivity (Wildman–Crippen MR) is 56.0 cm³/mol. The second-order valence-corrected chi connectivity index (χ2v) is 3.55. The SMILES string of the molecule is COc1cc(S)cc(OC(C)C)c1. The molecule has 1 aromatic rings. The normalized spacial score (nSPS) is 10.2. The maximum absolute atomic E-state index is 5.51. The first-order valence-corrected chi connectivity index (χ1v) is 4.61. The third-order valence-corrected chi connectivity index (χ3v) is 1.73. The van der Waals surface area contributed by atoms with Crippen molar-refractivity contribution in [3.05, 3.63) is 18.2 Å². The van der Waals surface area contributed by atoms with Gasteiger partial charge in [0.25, 0.3) is 0 Å². The van der Waals surface area contributed by atoms with E-state index in [0.29, 0.717) is 0 Å². The van der Waals surface area contributed by atoms with Gasteiger partial charge < -0.3 is 9.47 Å². The lowest BCUT2D eigenvalue weighted by Crippen LogP contribution is -2.05. The summed E-state index contributed by atoms with van der Waals surface area (Å²) in [7, 11) is 1.63. The molecule has 0 aliphatic carbocycles. The number of benzene rings is 1. The molecule has 0 N–H and O–H groups in total. The van der Waals surface area contributed by atoms with Crippen molar-refractivity contribution in [2.75, 3.05) is 7.11 Å². The van der Waals surface area contributed by atoms with Crippen LogP contribution < -0.4 is 9.47 Å². The molecule has 0 aromatic heterocycles. The Labute approximate surface area is 84.3 Å². The molecule has 72 valence electrons. The summed E-state index contributed by atoms with van der Waals surface area (Å²) in [5.74, 6) is 1.56. The van der Waals surface area contributed by atoms with Gasteiger partial charge in [0.15, 0.2) is 0 Å². The lowest BCUT2D eigenvalue weighted by atomic mass is 10.3. The van der Waals surface area contributed by atoms with Crippen molar-refractivity contribution in [2.45, 2.75) is 24.8 Å². The monoisotopic (exact) mass is 198 g/mol. The summed E-state index contributed by atoms with van der Waals surface area (Å²) in [5.41, 5.74) is 0. The van der Waals surface area contributed by atoms with E-state index in [0.717, 1.165) is 16.4 Å². The van der Waals surface area contributed by atoms with Crippen LogP contribution in [-0.2, 0) is 0 Å². The van der Waals surface area contributed by atoms with E-state index in [9.17, 15) is 0 Å². The van der Waals surface area contributed by atoms with Crippen LogP contribution in [0.5, 0.6) is 11.5 Å². The molecule has 0 unspecified atom stereocenters. The quantitative estimate of drug-likeness (QED) is 0.753. The van der Waals surface area contributed by atoms with Crippen molar-refractivity contribution in [2.24, 2.45) is 0 Å². The van der Waals surface area contributed by atoms with Gasteiger partial charge in [-0.3, -0.25) is 0 Å². The van der Waals surface area contributed by atoms with Crippen LogP contribution in [0, 0.1) is 0 Å². The average Bonchev–Trinajstić information content (AvgIpc) is 2.01. The molecule has 0 aliphatic heterocycles. The standard InChI is InChI=1S/C10H14O2S/c1-7(2)12-9-4-8(11-3)5-10(13)6-9/h4-7,13H,1-3H3. The fourth-order valence-electron chi connectivity index (χ4n) is 1.01. The largest absolute Gasteiger partial charge is 0.497 e. The van der Waals surface area contributed by atoms with Crippen molar-refractivity contribution in [1.29, 1.82) is 0 Å². The fourth-order valence-corrected chi connectivity index (χ4v) is 1.27. The molecule has 0 heterocycles. The first-order chi connectivity index (χ1) is 6.11.